The minimum absolute atomic E-state index is 0.224. The molecule has 3 heterocycles. The Labute approximate surface area is 132 Å². The lowest BCUT2D eigenvalue weighted by Gasteiger charge is -2.16. The van der Waals surface area contributed by atoms with Gasteiger partial charge in [-0.3, -0.25) is 0 Å². The summed E-state index contributed by atoms with van der Waals surface area (Å²) in [6.45, 7) is 1.55. The Hall–Kier alpha value is -1.54. The summed E-state index contributed by atoms with van der Waals surface area (Å²) >= 11 is 1.54. The van der Waals surface area contributed by atoms with Crippen LogP contribution in [0.4, 0.5) is 0 Å². The molecule has 2 aromatic rings. The van der Waals surface area contributed by atoms with Crippen LogP contribution in [0.2, 0.25) is 0 Å². The molecule has 1 aliphatic carbocycles. The molecule has 1 fully saturated rings. The number of hydrogen-bond donors (Lipinski definition) is 0. The molecule has 0 amide bonds. The first-order valence-electron chi connectivity index (χ1n) is 7.78. The lowest BCUT2D eigenvalue weighted by atomic mass is 9.98. The highest BCUT2D eigenvalue weighted by Gasteiger charge is 2.21. The molecule has 0 bridgehead atoms. The van der Waals surface area contributed by atoms with Crippen molar-refractivity contribution >= 4 is 11.8 Å². The van der Waals surface area contributed by atoms with E-state index in [1.807, 2.05) is 4.68 Å². The van der Waals surface area contributed by atoms with Gasteiger partial charge in [0.2, 0.25) is 5.16 Å². The van der Waals surface area contributed by atoms with Crippen molar-refractivity contribution in [2.24, 2.45) is 0 Å². The standard InChI is InChI=1S/C14H18N6OS/c1-2-6-12-11(5-1)13(16-9-15-12)22-14-17-18-19-20(14)8-10-4-3-7-21-10/h9-10H,1-8H2. The van der Waals surface area contributed by atoms with Gasteiger partial charge in [-0.15, -0.1) is 5.10 Å². The summed E-state index contributed by atoms with van der Waals surface area (Å²) in [6, 6.07) is 0. The molecule has 1 unspecified atom stereocenters. The van der Waals surface area contributed by atoms with Gasteiger partial charge in [-0.25, -0.2) is 14.6 Å². The zero-order chi connectivity index (χ0) is 14.8. The van der Waals surface area contributed by atoms with Gasteiger partial charge in [0.15, 0.2) is 0 Å². The number of aryl methyl sites for hydroxylation is 1. The van der Waals surface area contributed by atoms with Gasteiger partial charge < -0.3 is 4.74 Å². The Morgan fingerprint density at radius 2 is 2.18 bits per heavy atom. The number of ether oxygens (including phenoxy) is 1. The van der Waals surface area contributed by atoms with Crippen molar-refractivity contribution < 1.29 is 4.74 Å². The number of aromatic nitrogens is 6. The van der Waals surface area contributed by atoms with Crippen molar-refractivity contribution in [3.05, 3.63) is 17.6 Å². The molecule has 22 heavy (non-hydrogen) atoms. The fourth-order valence-corrected chi connectivity index (χ4v) is 3.94. The van der Waals surface area contributed by atoms with E-state index in [4.69, 9.17) is 4.74 Å². The molecular formula is C14H18N6OS. The van der Waals surface area contributed by atoms with Crippen LogP contribution in [-0.2, 0) is 24.1 Å². The number of rotatable bonds is 4. The van der Waals surface area contributed by atoms with Gasteiger partial charge in [0.1, 0.15) is 11.4 Å². The molecule has 1 aliphatic heterocycles. The normalized spacial score (nSPS) is 21.0. The molecule has 2 aliphatic rings. The fourth-order valence-electron chi connectivity index (χ4n) is 3.03. The van der Waals surface area contributed by atoms with E-state index < -0.39 is 0 Å². The fraction of sp³-hybridized carbons (Fsp3) is 0.643. The van der Waals surface area contributed by atoms with Gasteiger partial charge in [0.05, 0.1) is 12.6 Å². The van der Waals surface area contributed by atoms with E-state index in [9.17, 15) is 0 Å². The summed E-state index contributed by atoms with van der Waals surface area (Å²) in [5.74, 6) is 0. The molecule has 1 saturated heterocycles. The van der Waals surface area contributed by atoms with Crippen LogP contribution in [0.5, 0.6) is 0 Å². The molecule has 2 aromatic heterocycles. The molecule has 1 atom stereocenters. The number of nitrogens with zero attached hydrogens (tertiary/aromatic N) is 6. The van der Waals surface area contributed by atoms with Crippen LogP contribution < -0.4 is 0 Å². The molecule has 8 heteroatoms. The van der Waals surface area contributed by atoms with Gasteiger partial charge in [-0.1, -0.05) is 0 Å². The van der Waals surface area contributed by atoms with Gasteiger partial charge in [0, 0.05) is 17.9 Å². The van der Waals surface area contributed by atoms with Crippen LogP contribution in [0.15, 0.2) is 16.5 Å². The van der Waals surface area contributed by atoms with Crippen LogP contribution in [0.25, 0.3) is 0 Å². The summed E-state index contributed by atoms with van der Waals surface area (Å²) in [5, 5.41) is 13.8. The highest BCUT2D eigenvalue weighted by Crippen LogP contribution is 2.31. The first-order valence-corrected chi connectivity index (χ1v) is 8.60. The molecular weight excluding hydrogens is 300 g/mol. The Morgan fingerprint density at radius 1 is 1.23 bits per heavy atom. The third-order valence-corrected chi connectivity index (χ3v) is 5.19. The lowest BCUT2D eigenvalue weighted by Crippen LogP contribution is -2.17. The Bertz CT molecular complexity index is 655. The molecule has 116 valence electrons. The molecule has 4 rings (SSSR count). The van der Waals surface area contributed by atoms with Crippen molar-refractivity contribution in [2.75, 3.05) is 6.61 Å². The number of tetrazole rings is 1. The van der Waals surface area contributed by atoms with E-state index in [-0.39, 0.29) is 6.10 Å². The second kappa shape index (κ2) is 6.29. The highest BCUT2D eigenvalue weighted by atomic mass is 32.2. The molecule has 0 N–H and O–H groups in total. The van der Waals surface area contributed by atoms with Crippen molar-refractivity contribution in [3.63, 3.8) is 0 Å². The van der Waals surface area contributed by atoms with Gasteiger partial charge in [0.25, 0.3) is 0 Å². The first kappa shape index (κ1) is 14.1. The topological polar surface area (TPSA) is 78.6 Å². The maximum atomic E-state index is 5.67. The van der Waals surface area contributed by atoms with Crippen molar-refractivity contribution in [1.29, 1.82) is 0 Å². The van der Waals surface area contributed by atoms with Crippen LogP contribution in [0.3, 0.4) is 0 Å². The zero-order valence-corrected chi connectivity index (χ0v) is 13.1. The largest absolute Gasteiger partial charge is 0.376 e. The Kier molecular flexibility index (Phi) is 4.03. The van der Waals surface area contributed by atoms with Gasteiger partial charge >= 0.3 is 0 Å². The maximum Gasteiger partial charge on any atom is 0.215 e. The molecule has 0 aromatic carbocycles. The quantitative estimate of drug-likeness (QED) is 0.793. The SMILES string of the molecule is c1nc2c(c(Sc3nnnn3CC3CCCO3)n1)CCCC2. The van der Waals surface area contributed by atoms with Gasteiger partial charge in [-0.05, 0) is 60.7 Å². The lowest BCUT2D eigenvalue weighted by molar-refractivity contribution is 0.0912. The van der Waals surface area contributed by atoms with Crippen LogP contribution >= 0.6 is 11.8 Å². The first-order chi connectivity index (χ1) is 10.9. The Balaban J connectivity index is 1.55. The third-order valence-electron chi connectivity index (χ3n) is 4.17. The average Bonchev–Trinajstić information content (AvgIpc) is 3.21. The second-order valence-electron chi connectivity index (χ2n) is 5.69. The summed E-state index contributed by atoms with van der Waals surface area (Å²) in [4.78, 5) is 8.86. The van der Waals surface area contributed by atoms with E-state index in [1.54, 1.807) is 6.33 Å². The number of fused-ring (bicyclic) bond motifs is 1. The minimum atomic E-state index is 0.224. The molecule has 0 saturated carbocycles. The maximum absolute atomic E-state index is 5.67. The third kappa shape index (κ3) is 2.85. The van der Waals surface area contributed by atoms with E-state index in [1.165, 1.54) is 35.9 Å². The summed E-state index contributed by atoms with van der Waals surface area (Å²) < 4.78 is 7.50. The molecule has 7 nitrogen and oxygen atoms in total. The van der Waals surface area contributed by atoms with Crippen molar-refractivity contribution in [1.82, 2.24) is 30.2 Å². The minimum Gasteiger partial charge on any atom is -0.376 e. The zero-order valence-electron chi connectivity index (χ0n) is 12.3. The van der Waals surface area contributed by atoms with E-state index in [0.29, 0.717) is 6.54 Å². The van der Waals surface area contributed by atoms with E-state index >= 15 is 0 Å². The predicted molar refractivity (Wildman–Crippen MR) is 79.6 cm³/mol. The van der Waals surface area contributed by atoms with Crippen molar-refractivity contribution in [3.8, 4) is 0 Å². The Morgan fingerprint density at radius 3 is 3.09 bits per heavy atom. The summed E-state index contributed by atoms with van der Waals surface area (Å²) in [6.07, 6.45) is 8.59. The molecule has 0 spiro atoms. The smallest absolute Gasteiger partial charge is 0.215 e. The van der Waals surface area contributed by atoms with E-state index in [0.717, 1.165) is 42.5 Å². The van der Waals surface area contributed by atoms with Crippen LogP contribution in [0, 0.1) is 0 Å². The van der Waals surface area contributed by atoms with Gasteiger partial charge in [-0.2, -0.15) is 0 Å². The van der Waals surface area contributed by atoms with Crippen LogP contribution in [0.1, 0.15) is 36.9 Å². The van der Waals surface area contributed by atoms with Crippen LogP contribution in [-0.4, -0.2) is 42.9 Å². The molecule has 0 radical (unpaired) electrons. The monoisotopic (exact) mass is 318 g/mol. The number of hydrogen-bond acceptors (Lipinski definition) is 7. The van der Waals surface area contributed by atoms with Crippen molar-refractivity contribution in [2.45, 2.75) is 61.4 Å². The predicted octanol–water partition coefficient (Wildman–Crippen LogP) is 1.67. The van der Waals surface area contributed by atoms with E-state index in [2.05, 4.69) is 25.5 Å². The summed E-state index contributed by atoms with van der Waals surface area (Å²) in [7, 11) is 0. The second-order valence-corrected chi connectivity index (χ2v) is 6.65. The average molecular weight is 318 g/mol. The summed E-state index contributed by atoms with van der Waals surface area (Å²) in [5.41, 5.74) is 2.45. The highest BCUT2D eigenvalue weighted by molar-refractivity contribution is 7.99.